The number of amides is 1. The van der Waals surface area contributed by atoms with Gasteiger partial charge in [0.05, 0.1) is 5.52 Å². The molecular weight excluding hydrogens is 259 g/mol. The van der Waals surface area contributed by atoms with Crippen molar-refractivity contribution in [2.24, 2.45) is 0 Å². The number of benzene rings is 1. The Balaban J connectivity index is 1.91. The second-order valence-corrected chi connectivity index (χ2v) is 4.08. The minimum Gasteiger partial charge on any atom is -0.305 e. The summed E-state index contributed by atoms with van der Waals surface area (Å²) in [4.78, 5) is 23.8. The van der Waals surface area contributed by atoms with Crippen molar-refractivity contribution in [1.29, 1.82) is 0 Å². The van der Waals surface area contributed by atoms with Crippen LogP contribution in [0.2, 0.25) is 0 Å². The summed E-state index contributed by atoms with van der Waals surface area (Å²) in [5.41, 5.74) is 0.627. The monoisotopic (exact) mass is 268 g/mol. The average Bonchev–Trinajstić information content (AvgIpc) is 2.47. The molecule has 6 heteroatoms. The van der Waals surface area contributed by atoms with E-state index >= 15 is 0 Å². The smallest absolute Gasteiger partial charge is 0.275 e. The zero-order chi connectivity index (χ0) is 13.9. The van der Waals surface area contributed by atoms with Gasteiger partial charge in [0.15, 0.2) is 0 Å². The van der Waals surface area contributed by atoms with Crippen LogP contribution in [0.1, 0.15) is 10.5 Å². The van der Waals surface area contributed by atoms with E-state index in [2.05, 4.69) is 20.3 Å². The van der Waals surface area contributed by atoms with Gasteiger partial charge in [0, 0.05) is 17.6 Å². The molecule has 1 aromatic carbocycles. The summed E-state index contributed by atoms with van der Waals surface area (Å²) in [5.74, 6) is -0.417. The molecule has 1 N–H and O–H groups in total. The van der Waals surface area contributed by atoms with Gasteiger partial charge in [0.25, 0.3) is 5.91 Å². The number of anilines is 1. The molecule has 0 aliphatic carbocycles. The van der Waals surface area contributed by atoms with Gasteiger partial charge < -0.3 is 5.32 Å². The summed E-state index contributed by atoms with van der Waals surface area (Å²) in [5, 5.41) is 3.36. The highest BCUT2D eigenvalue weighted by molar-refractivity contribution is 6.03. The van der Waals surface area contributed by atoms with Crippen LogP contribution in [0.15, 0.2) is 48.9 Å². The standard InChI is InChI=1S/C14H9FN4O/c15-10-3-1-9-2-4-11(18-12(9)7-10)14(20)19-13-5-6-16-8-17-13/h1-8H,(H,16,17,19,20). The number of nitrogens with one attached hydrogen (secondary N) is 1. The second kappa shape index (κ2) is 5.00. The molecule has 0 saturated carbocycles. The molecule has 0 aliphatic rings. The molecule has 1 amide bonds. The molecule has 0 atom stereocenters. The van der Waals surface area contributed by atoms with Crippen LogP contribution >= 0.6 is 0 Å². The van der Waals surface area contributed by atoms with Crippen LogP contribution in [0.5, 0.6) is 0 Å². The third-order valence-corrected chi connectivity index (χ3v) is 2.71. The molecule has 0 fully saturated rings. The molecule has 20 heavy (non-hydrogen) atoms. The third-order valence-electron chi connectivity index (χ3n) is 2.71. The van der Waals surface area contributed by atoms with Gasteiger partial charge in [-0.1, -0.05) is 6.07 Å². The van der Waals surface area contributed by atoms with Crippen molar-refractivity contribution in [2.75, 3.05) is 5.32 Å². The Morgan fingerprint density at radius 1 is 1.15 bits per heavy atom. The predicted molar refractivity (Wildman–Crippen MR) is 71.7 cm³/mol. The van der Waals surface area contributed by atoms with Crippen molar-refractivity contribution in [1.82, 2.24) is 15.0 Å². The van der Waals surface area contributed by atoms with Crippen molar-refractivity contribution in [3.8, 4) is 0 Å². The van der Waals surface area contributed by atoms with Gasteiger partial charge >= 0.3 is 0 Å². The topological polar surface area (TPSA) is 67.8 Å². The van der Waals surface area contributed by atoms with Crippen LogP contribution in [-0.4, -0.2) is 20.9 Å². The summed E-state index contributed by atoms with van der Waals surface area (Å²) >= 11 is 0. The van der Waals surface area contributed by atoms with Crippen molar-refractivity contribution in [2.45, 2.75) is 0 Å². The second-order valence-electron chi connectivity index (χ2n) is 4.08. The van der Waals surface area contributed by atoms with E-state index in [0.717, 1.165) is 5.39 Å². The number of nitrogens with zero attached hydrogens (tertiary/aromatic N) is 3. The lowest BCUT2D eigenvalue weighted by Gasteiger charge is -2.04. The van der Waals surface area contributed by atoms with Crippen LogP contribution in [0.3, 0.4) is 0 Å². The normalized spacial score (nSPS) is 10.4. The fourth-order valence-electron chi connectivity index (χ4n) is 1.76. The third kappa shape index (κ3) is 2.44. The van der Waals surface area contributed by atoms with Gasteiger partial charge in [-0.05, 0) is 24.3 Å². The molecule has 0 bridgehead atoms. The molecule has 98 valence electrons. The maximum Gasteiger partial charge on any atom is 0.275 e. The summed E-state index contributed by atoms with van der Waals surface area (Å²) in [6.07, 6.45) is 2.85. The van der Waals surface area contributed by atoms with E-state index in [0.29, 0.717) is 11.3 Å². The fourth-order valence-corrected chi connectivity index (χ4v) is 1.76. The fraction of sp³-hybridized carbons (Fsp3) is 0. The van der Waals surface area contributed by atoms with E-state index in [4.69, 9.17) is 0 Å². The first-order chi connectivity index (χ1) is 9.72. The zero-order valence-electron chi connectivity index (χ0n) is 10.2. The Hall–Kier alpha value is -2.89. The molecule has 0 unspecified atom stereocenters. The molecule has 0 saturated heterocycles. The molecule has 3 rings (SSSR count). The Morgan fingerprint density at radius 3 is 2.80 bits per heavy atom. The highest BCUT2D eigenvalue weighted by Crippen LogP contribution is 2.14. The zero-order valence-corrected chi connectivity index (χ0v) is 10.2. The van der Waals surface area contributed by atoms with E-state index in [-0.39, 0.29) is 5.69 Å². The quantitative estimate of drug-likeness (QED) is 0.775. The average molecular weight is 268 g/mol. The lowest BCUT2D eigenvalue weighted by molar-refractivity contribution is 0.102. The minimum atomic E-state index is -0.408. The number of pyridine rings is 1. The highest BCUT2D eigenvalue weighted by atomic mass is 19.1. The van der Waals surface area contributed by atoms with Crippen molar-refractivity contribution < 1.29 is 9.18 Å². The first-order valence-electron chi connectivity index (χ1n) is 5.86. The molecule has 0 spiro atoms. The Bertz CT molecular complexity index is 776. The van der Waals surface area contributed by atoms with Gasteiger partial charge in [0.1, 0.15) is 23.7 Å². The van der Waals surface area contributed by atoms with Crippen LogP contribution < -0.4 is 5.32 Å². The molecule has 2 heterocycles. The lowest BCUT2D eigenvalue weighted by atomic mass is 10.2. The van der Waals surface area contributed by atoms with E-state index in [1.165, 1.54) is 24.7 Å². The number of halogens is 1. The lowest BCUT2D eigenvalue weighted by Crippen LogP contribution is -2.14. The summed E-state index contributed by atoms with van der Waals surface area (Å²) < 4.78 is 13.2. The molecule has 3 aromatic rings. The maximum atomic E-state index is 13.2. The summed E-state index contributed by atoms with van der Waals surface area (Å²) in [6, 6.07) is 9.12. The Kier molecular flexibility index (Phi) is 3.04. The predicted octanol–water partition coefficient (Wildman–Crippen LogP) is 2.42. The molecule has 0 radical (unpaired) electrons. The SMILES string of the molecule is O=C(Nc1ccncn1)c1ccc2ccc(F)cc2n1. The number of carbonyl (C=O) groups excluding carboxylic acids is 1. The van der Waals surface area contributed by atoms with E-state index < -0.39 is 11.7 Å². The number of aromatic nitrogens is 3. The molecule has 5 nitrogen and oxygen atoms in total. The molecular formula is C14H9FN4O. The minimum absolute atomic E-state index is 0.196. The van der Waals surface area contributed by atoms with Crippen LogP contribution in [0.25, 0.3) is 10.9 Å². The van der Waals surface area contributed by atoms with Gasteiger partial charge in [-0.15, -0.1) is 0 Å². The van der Waals surface area contributed by atoms with Crippen LogP contribution in [-0.2, 0) is 0 Å². The van der Waals surface area contributed by atoms with Crippen LogP contribution in [0, 0.1) is 5.82 Å². The first kappa shape index (κ1) is 12.2. The number of hydrogen-bond acceptors (Lipinski definition) is 4. The number of rotatable bonds is 2. The number of hydrogen-bond donors (Lipinski definition) is 1. The van der Waals surface area contributed by atoms with Gasteiger partial charge in [0.2, 0.25) is 0 Å². The van der Waals surface area contributed by atoms with Gasteiger partial charge in [-0.25, -0.2) is 19.3 Å². The van der Waals surface area contributed by atoms with Crippen molar-refractivity contribution in [3.05, 3.63) is 60.4 Å². The first-order valence-corrected chi connectivity index (χ1v) is 5.86. The number of fused-ring (bicyclic) bond motifs is 1. The maximum absolute atomic E-state index is 13.2. The van der Waals surface area contributed by atoms with Crippen molar-refractivity contribution >= 4 is 22.6 Å². The Morgan fingerprint density at radius 2 is 2.00 bits per heavy atom. The number of carbonyl (C=O) groups is 1. The van der Waals surface area contributed by atoms with E-state index in [1.54, 1.807) is 24.3 Å². The molecule has 0 aliphatic heterocycles. The Labute approximate surface area is 113 Å². The molecule has 2 aromatic heterocycles. The highest BCUT2D eigenvalue weighted by Gasteiger charge is 2.09. The van der Waals surface area contributed by atoms with E-state index in [9.17, 15) is 9.18 Å². The van der Waals surface area contributed by atoms with E-state index in [1.807, 2.05) is 0 Å². The largest absolute Gasteiger partial charge is 0.305 e. The van der Waals surface area contributed by atoms with Gasteiger partial charge in [-0.2, -0.15) is 0 Å². The summed E-state index contributed by atoms with van der Waals surface area (Å²) in [6.45, 7) is 0. The van der Waals surface area contributed by atoms with Crippen molar-refractivity contribution in [3.63, 3.8) is 0 Å². The summed E-state index contributed by atoms with van der Waals surface area (Å²) in [7, 11) is 0. The van der Waals surface area contributed by atoms with Crippen LogP contribution in [0.4, 0.5) is 10.2 Å². The van der Waals surface area contributed by atoms with Gasteiger partial charge in [-0.3, -0.25) is 4.79 Å².